The quantitative estimate of drug-likeness (QED) is 0.633. The molecule has 0 saturated carbocycles. The van der Waals surface area contributed by atoms with Crippen molar-refractivity contribution in [1.29, 1.82) is 0 Å². The molecule has 0 spiro atoms. The van der Waals surface area contributed by atoms with Gasteiger partial charge in [-0.05, 0) is 31.5 Å². The minimum absolute atomic E-state index is 0.314. The van der Waals surface area contributed by atoms with Gasteiger partial charge in [-0.1, -0.05) is 17.7 Å². The SMILES string of the molecule is Cc1ccc(Cl)c(O[C@@H](C)C(=O)NC(C(N)=O)C(N)=O)c1. The van der Waals surface area contributed by atoms with E-state index < -0.39 is 29.9 Å². The molecule has 0 aliphatic rings. The zero-order chi connectivity index (χ0) is 16.2. The zero-order valence-electron chi connectivity index (χ0n) is 11.6. The van der Waals surface area contributed by atoms with E-state index in [4.69, 9.17) is 27.8 Å². The molecule has 1 aromatic rings. The van der Waals surface area contributed by atoms with E-state index in [1.165, 1.54) is 6.92 Å². The van der Waals surface area contributed by atoms with Crippen LogP contribution >= 0.6 is 11.6 Å². The molecule has 0 aromatic heterocycles. The Morgan fingerprint density at radius 1 is 1.24 bits per heavy atom. The van der Waals surface area contributed by atoms with E-state index in [0.29, 0.717) is 10.8 Å². The van der Waals surface area contributed by atoms with Gasteiger partial charge >= 0.3 is 0 Å². The van der Waals surface area contributed by atoms with E-state index in [2.05, 4.69) is 5.32 Å². The fourth-order valence-corrected chi connectivity index (χ4v) is 1.65. The number of amides is 3. The number of ether oxygens (including phenoxy) is 1. The molecule has 1 aromatic carbocycles. The number of aryl methyl sites for hydroxylation is 1. The second kappa shape index (κ2) is 6.94. The highest BCUT2D eigenvalue weighted by Gasteiger charge is 2.27. The van der Waals surface area contributed by atoms with Crippen molar-refractivity contribution in [1.82, 2.24) is 5.32 Å². The van der Waals surface area contributed by atoms with Crippen molar-refractivity contribution in [3.05, 3.63) is 28.8 Å². The van der Waals surface area contributed by atoms with Crippen LogP contribution in [0.4, 0.5) is 0 Å². The molecule has 0 aliphatic heterocycles. The highest BCUT2D eigenvalue weighted by molar-refractivity contribution is 6.32. The minimum atomic E-state index is -1.59. The number of nitrogens with two attached hydrogens (primary N) is 2. The van der Waals surface area contributed by atoms with Crippen LogP contribution in [0.15, 0.2) is 18.2 Å². The van der Waals surface area contributed by atoms with Gasteiger partial charge in [-0.25, -0.2) is 0 Å². The largest absolute Gasteiger partial charge is 0.479 e. The highest BCUT2D eigenvalue weighted by Crippen LogP contribution is 2.26. The molecule has 1 rings (SSSR count). The van der Waals surface area contributed by atoms with Gasteiger partial charge in [-0.3, -0.25) is 14.4 Å². The first-order valence-electron chi connectivity index (χ1n) is 6.04. The number of rotatable bonds is 6. The van der Waals surface area contributed by atoms with Crippen LogP contribution in [0.2, 0.25) is 5.02 Å². The molecule has 0 radical (unpaired) electrons. The van der Waals surface area contributed by atoms with Crippen molar-refractivity contribution < 1.29 is 19.1 Å². The lowest BCUT2D eigenvalue weighted by Crippen LogP contribution is -2.55. The third kappa shape index (κ3) is 4.64. The standard InChI is InChI=1S/C13H16ClN3O4/c1-6-3-4-8(14)9(5-6)21-7(2)13(20)17-10(11(15)18)12(16)19/h3-5,7,10H,1-2H3,(H2,15,18)(H2,16,19)(H,17,20)/t7-/m0/s1. The van der Waals surface area contributed by atoms with Gasteiger partial charge in [0.05, 0.1) is 5.02 Å². The normalized spacial score (nSPS) is 11.8. The van der Waals surface area contributed by atoms with Crippen LogP contribution in [0, 0.1) is 6.92 Å². The Labute approximate surface area is 126 Å². The van der Waals surface area contributed by atoms with Crippen molar-refractivity contribution in [2.24, 2.45) is 11.5 Å². The number of hydrogen-bond acceptors (Lipinski definition) is 4. The van der Waals surface area contributed by atoms with Crippen LogP contribution in [0.1, 0.15) is 12.5 Å². The van der Waals surface area contributed by atoms with Crippen LogP contribution < -0.4 is 21.5 Å². The monoisotopic (exact) mass is 313 g/mol. The van der Waals surface area contributed by atoms with E-state index in [0.717, 1.165) is 5.56 Å². The molecular formula is C13H16ClN3O4. The number of nitrogens with one attached hydrogen (secondary N) is 1. The lowest BCUT2D eigenvalue weighted by atomic mass is 10.2. The van der Waals surface area contributed by atoms with Gasteiger partial charge in [0.1, 0.15) is 5.75 Å². The summed E-state index contributed by atoms with van der Waals surface area (Å²) in [6.07, 6.45) is -0.995. The third-order valence-corrected chi connectivity index (χ3v) is 2.93. The van der Waals surface area contributed by atoms with Gasteiger partial charge in [0.2, 0.25) is 11.8 Å². The Morgan fingerprint density at radius 3 is 2.33 bits per heavy atom. The Morgan fingerprint density at radius 2 is 1.81 bits per heavy atom. The van der Waals surface area contributed by atoms with Gasteiger partial charge in [-0.2, -0.15) is 0 Å². The molecular weight excluding hydrogens is 298 g/mol. The maximum Gasteiger partial charge on any atom is 0.261 e. The summed E-state index contributed by atoms with van der Waals surface area (Å²) in [6, 6.07) is 3.49. The number of halogens is 1. The number of carbonyl (C=O) groups is 3. The summed E-state index contributed by atoms with van der Waals surface area (Å²) in [4.78, 5) is 33.9. The Balaban J connectivity index is 2.77. The average molecular weight is 314 g/mol. The maximum atomic E-state index is 11.9. The van der Waals surface area contributed by atoms with Crippen LogP contribution in [0.3, 0.4) is 0 Å². The van der Waals surface area contributed by atoms with Gasteiger partial charge in [0.15, 0.2) is 12.1 Å². The van der Waals surface area contributed by atoms with Crippen molar-refractivity contribution in [2.75, 3.05) is 0 Å². The Kier molecular flexibility index (Phi) is 5.54. The fraction of sp³-hybridized carbons (Fsp3) is 0.308. The van der Waals surface area contributed by atoms with Gasteiger partial charge in [-0.15, -0.1) is 0 Å². The van der Waals surface area contributed by atoms with Crippen LogP contribution in [0.5, 0.6) is 5.75 Å². The van der Waals surface area contributed by atoms with Crippen molar-refractivity contribution in [3.8, 4) is 5.75 Å². The summed E-state index contributed by atoms with van der Waals surface area (Å²) in [7, 11) is 0. The smallest absolute Gasteiger partial charge is 0.261 e. The summed E-state index contributed by atoms with van der Waals surface area (Å²) < 4.78 is 5.40. The number of hydrogen-bond donors (Lipinski definition) is 3. The van der Waals surface area contributed by atoms with Crippen LogP contribution in [-0.2, 0) is 14.4 Å². The Hall–Kier alpha value is -2.28. The van der Waals surface area contributed by atoms with Crippen molar-refractivity contribution in [3.63, 3.8) is 0 Å². The molecule has 3 amide bonds. The van der Waals surface area contributed by atoms with Gasteiger partial charge < -0.3 is 21.5 Å². The second-order valence-electron chi connectivity index (χ2n) is 4.44. The molecule has 21 heavy (non-hydrogen) atoms. The molecule has 5 N–H and O–H groups in total. The highest BCUT2D eigenvalue weighted by atomic mass is 35.5. The molecule has 0 bridgehead atoms. The van der Waals surface area contributed by atoms with Crippen molar-refractivity contribution in [2.45, 2.75) is 26.0 Å². The van der Waals surface area contributed by atoms with Gasteiger partial charge in [0, 0.05) is 0 Å². The molecule has 0 unspecified atom stereocenters. The molecule has 0 saturated heterocycles. The first-order chi connectivity index (χ1) is 9.72. The van der Waals surface area contributed by atoms with E-state index in [9.17, 15) is 14.4 Å². The predicted molar refractivity (Wildman–Crippen MR) is 76.6 cm³/mol. The molecule has 0 heterocycles. The van der Waals surface area contributed by atoms with Gasteiger partial charge in [0.25, 0.3) is 5.91 Å². The third-order valence-electron chi connectivity index (χ3n) is 2.62. The number of benzene rings is 1. The molecule has 114 valence electrons. The second-order valence-corrected chi connectivity index (χ2v) is 4.85. The first kappa shape index (κ1) is 16.8. The predicted octanol–water partition coefficient (Wildman–Crippen LogP) is -0.129. The minimum Gasteiger partial charge on any atom is -0.479 e. The topological polar surface area (TPSA) is 125 Å². The molecule has 0 aliphatic carbocycles. The molecule has 1 atom stereocenters. The maximum absolute atomic E-state index is 11.9. The van der Waals surface area contributed by atoms with Crippen LogP contribution in [-0.4, -0.2) is 29.9 Å². The van der Waals surface area contributed by atoms with Crippen molar-refractivity contribution >= 4 is 29.3 Å². The molecule has 0 fully saturated rings. The lowest BCUT2D eigenvalue weighted by molar-refractivity contribution is -0.136. The molecule has 7 nitrogen and oxygen atoms in total. The summed E-state index contributed by atoms with van der Waals surface area (Å²) in [6.45, 7) is 3.27. The first-order valence-corrected chi connectivity index (χ1v) is 6.42. The van der Waals surface area contributed by atoms with E-state index in [1.807, 2.05) is 6.92 Å². The average Bonchev–Trinajstić information content (AvgIpc) is 2.38. The summed E-state index contributed by atoms with van der Waals surface area (Å²) >= 11 is 5.95. The summed E-state index contributed by atoms with van der Waals surface area (Å²) in [5.74, 6) is -2.49. The zero-order valence-corrected chi connectivity index (χ0v) is 12.3. The fourth-order valence-electron chi connectivity index (χ4n) is 1.49. The number of carbonyl (C=O) groups excluding carboxylic acids is 3. The van der Waals surface area contributed by atoms with E-state index in [-0.39, 0.29) is 0 Å². The number of primary amides is 2. The summed E-state index contributed by atoms with van der Waals surface area (Å²) in [5.41, 5.74) is 10.8. The van der Waals surface area contributed by atoms with E-state index >= 15 is 0 Å². The summed E-state index contributed by atoms with van der Waals surface area (Å²) in [5, 5.41) is 2.45. The van der Waals surface area contributed by atoms with E-state index in [1.54, 1.807) is 18.2 Å². The lowest BCUT2D eigenvalue weighted by Gasteiger charge is -2.18. The molecule has 8 heteroatoms. The Bertz CT molecular complexity index is 563. The van der Waals surface area contributed by atoms with Crippen LogP contribution in [0.25, 0.3) is 0 Å².